The maximum Gasteiger partial charge on any atom is 0.316 e. The zero-order valence-electron chi connectivity index (χ0n) is 17.7. The third kappa shape index (κ3) is 4.77. The Balaban J connectivity index is 1.93. The first-order valence-corrected chi connectivity index (χ1v) is 9.96. The highest BCUT2D eigenvalue weighted by Gasteiger charge is 2.56. The van der Waals surface area contributed by atoms with Crippen LogP contribution in [0.25, 0.3) is 0 Å². The quantitative estimate of drug-likeness (QED) is 0.560. The third-order valence-corrected chi connectivity index (χ3v) is 5.69. The fraction of sp³-hybridized carbons (Fsp3) is 0.375. The molecule has 2 aromatic rings. The summed E-state index contributed by atoms with van der Waals surface area (Å²) < 4.78 is 15.5. The molecule has 164 valence electrons. The van der Waals surface area contributed by atoms with Crippen LogP contribution < -0.4 is 4.74 Å². The number of benzene rings is 2. The molecule has 0 aliphatic heterocycles. The number of rotatable bonds is 6. The second-order valence-corrected chi connectivity index (χ2v) is 7.87. The molecular weight excluding hydrogens is 400 g/mol. The van der Waals surface area contributed by atoms with E-state index < -0.39 is 41.1 Å². The van der Waals surface area contributed by atoms with Crippen LogP contribution >= 0.6 is 0 Å². The number of methoxy groups -OCH3 is 2. The van der Waals surface area contributed by atoms with Crippen LogP contribution in [-0.2, 0) is 30.5 Å². The predicted molar refractivity (Wildman–Crippen MR) is 111 cm³/mol. The van der Waals surface area contributed by atoms with Gasteiger partial charge in [0.05, 0.1) is 25.7 Å². The summed E-state index contributed by atoms with van der Waals surface area (Å²) in [5.74, 6) is -4.60. The number of aliphatic hydroxyl groups is 1. The Hall–Kier alpha value is -3.19. The molecule has 0 aromatic heterocycles. The van der Waals surface area contributed by atoms with Gasteiger partial charge in [-0.1, -0.05) is 42.5 Å². The lowest BCUT2D eigenvalue weighted by molar-refractivity contribution is -0.170. The van der Waals surface area contributed by atoms with Crippen molar-refractivity contribution in [3.05, 3.63) is 65.7 Å². The molecule has 7 heteroatoms. The van der Waals surface area contributed by atoms with Crippen molar-refractivity contribution in [1.82, 2.24) is 0 Å². The summed E-state index contributed by atoms with van der Waals surface area (Å²) in [6.45, 7) is 1.79. The first-order chi connectivity index (χ1) is 14.8. The lowest BCUT2D eigenvalue weighted by Gasteiger charge is -2.43. The molecule has 1 saturated carbocycles. The molecule has 0 amide bonds. The van der Waals surface area contributed by atoms with Gasteiger partial charge in [0.1, 0.15) is 18.3 Å². The standard InChI is InChI=1S/C24H26O7/c1-24(28)13-18(25)20(22(26)29-2)19(21(24)23(27)30-3)16-9-11-17(12-10-16)31-14-15-7-5-4-6-8-15/h4-12,19-21,28H,13-14H2,1-3H3/t19-,20-,21+,24+/m1/s1. The van der Waals surface area contributed by atoms with Gasteiger partial charge >= 0.3 is 11.9 Å². The van der Waals surface area contributed by atoms with E-state index in [1.165, 1.54) is 21.1 Å². The van der Waals surface area contributed by atoms with E-state index >= 15 is 0 Å². The van der Waals surface area contributed by atoms with Crippen LogP contribution in [0, 0.1) is 11.8 Å². The van der Waals surface area contributed by atoms with Crippen LogP contribution in [0.4, 0.5) is 0 Å². The maximum atomic E-state index is 12.7. The Kier molecular flexibility index (Phi) is 6.75. The van der Waals surface area contributed by atoms with Gasteiger partial charge in [0.25, 0.3) is 0 Å². The molecular formula is C24H26O7. The van der Waals surface area contributed by atoms with E-state index in [2.05, 4.69) is 0 Å². The van der Waals surface area contributed by atoms with Crippen molar-refractivity contribution in [2.75, 3.05) is 14.2 Å². The number of ether oxygens (including phenoxy) is 3. The number of Topliss-reactive ketones (excluding diaryl/α,β-unsaturated/α-hetero) is 1. The summed E-state index contributed by atoms with van der Waals surface area (Å²) in [6.07, 6.45) is -0.346. The molecule has 0 unspecified atom stereocenters. The van der Waals surface area contributed by atoms with Crippen molar-refractivity contribution < 1.29 is 33.7 Å². The summed E-state index contributed by atoms with van der Waals surface area (Å²) in [4.78, 5) is 37.8. The molecule has 0 heterocycles. The number of hydrogen-bond acceptors (Lipinski definition) is 7. The molecule has 7 nitrogen and oxygen atoms in total. The molecule has 1 fully saturated rings. The Morgan fingerprint density at radius 2 is 1.61 bits per heavy atom. The van der Waals surface area contributed by atoms with E-state index in [1.807, 2.05) is 30.3 Å². The van der Waals surface area contributed by atoms with Gasteiger partial charge in [-0.25, -0.2) is 0 Å². The molecule has 1 N–H and O–H groups in total. The molecule has 0 spiro atoms. The van der Waals surface area contributed by atoms with E-state index in [-0.39, 0.29) is 6.42 Å². The summed E-state index contributed by atoms with van der Waals surface area (Å²) in [5, 5.41) is 10.9. The number of ketones is 1. The second-order valence-electron chi connectivity index (χ2n) is 7.87. The number of carbonyl (C=O) groups excluding carboxylic acids is 3. The summed E-state index contributed by atoms with van der Waals surface area (Å²) >= 11 is 0. The molecule has 4 atom stereocenters. The van der Waals surface area contributed by atoms with E-state index in [1.54, 1.807) is 24.3 Å². The van der Waals surface area contributed by atoms with Crippen molar-refractivity contribution >= 4 is 17.7 Å². The summed E-state index contributed by atoms with van der Waals surface area (Å²) in [5.41, 5.74) is -0.120. The van der Waals surface area contributed by atoms with Gasteiger partial charge in [0.2, 0.25) is 0 Å². The molecule has 1 aliphatic carbocycles. The Morgan fingerprint density at radius 3 is 2.19 bits per heavy atom. The first-order valence-electron chi connectivity index (χ1n) is 9.96. The van der Waals surface area contributed by atoms with Crippen LogP contribution in [-0.4, -0.2) is 42.6 Å². The van der Waals surface area contributed by atoms with Gasteiger partial charge in [-0.15, -0.1) is 0 Å². The van der Waals surface area contributed by atoms with Gasteiger partial charge in [-0.05, 0) is 30.2 Å². The van der Waals surface area contributed by atoms with Crippen LogP contribution in [0.3, 0.4) is 0 Å². The van der Waals surface area contributed by atoms with Gasteiger partial charge in [-0.3, -0.25) is 14.4 Å². The lowest BCUT2D eigenvalue weighted by Crippen LogP contribution is -2.55. The molecule has 31 heavy (non-hydrogen) atoms. The normalized spacial score (nSPS) is 25.5. The summed E-state index contributed by atoms with van der Waals surface area (Å²) in [6, 6.07) is 16.5. The second kappa shape index (κ2) is 9.31. The number of esters is 2. The van der Waals surface area contributed by atoms with E-state index in [4.69, 9.17) is 14.2 Å². The summed E-state index contributed by atoms with van der Waals surface area (Å²) in [7, 11) is 2.40. The molecule has 2 aromatic carbocycles. The zero-order chi connectivity index (χ0) is 22.6. The molecule has 0 saturated heterocycles. The average Bonchev–Trinajstić information content (AvgIpc) is 2.76. The predicted octanol–water partition coefficient (Wildman–Crippen LogP) is 2.65. The SMILES string of the molecule is COC(=O)[C@@H]1C(=O)C[C@](C)(O)[C@H](C(=O)OC)[C@@H]1c1ccc(OCc2ccccc2)cc1. The highest BCUT2D eigenvalue weighted by Crippen LogP contribution is 2.46. The van der Waals surface area contributed by atoms with E-state index in [0.717, 1.165) is 5.56 Å². The van der Waals surface area contributed by atoms with Crippen LogP contribution in [0.2, 0.25) is 0 Å². The van der Waals surface area contributed by atoms with Crippen molar-refractivity contribution in [2.24, 2.45) is 11.8 Å². The van der Waals surface area contributed by atoms with Gasteiger partial charge in [-0.2, -0.15) is 0 Å². The number of carbonyl (C=O) groups is 3. The van der Waals surface area contributed by atoms with Crippen LogP contribution in [0.1, 0.15) is 30.4 Å². The van der Waals surface area contributed by atoms with Crippen LogP contribution in [0.5, 0.6) is 5.75 Å². The average molecular weight is 426 g/mol. The molecule has 0 bridgehead atoms. The molecule has 0 radical (unpaired) electrons. The fourth-order valence-corrected chi connectivity index (χ4v) is 4.20. The maximum absolute atomic E-state index is 12.7. The van der Waals surface area contributed by atoms with Gasteiger partial charge < -0.3 is 19.3 Å². The minimum atomic E-state index is -1.66. The topological polar surface area (TPSA) is 99.1 Å². The largest absolute Gasteiger partial charge is 0.489 e. The Bertz CT molecular complexity index is 934. The van der Waals surface area contributed by atoms with Crippen molar-refractivity contribution in [1.29, 1.82) is 0 Å². The first kappa shape index (κ1) is 22.5. The van der Waals surface area contributed by atoms with Crippen molar-refractivity contribution in [3.8, 4) is 5.75 Å². The van der Waals surface area contributed by atoms with Gasteiger partial charge in [0, 0.05) is 12.3 Å². The molecule has 3 rings (SSSR count). The Morgan fingerprint density at radius 1 is 1.00 bits per heavy atom. The highest BCUT2D eigenvalue weighted by molar-refractivity contribution is 6.02. The lowest BCUT2D eigenvalue weighted by atomic mass is 9.62. The van der Waals surface area contributed by atoms with E-state index in [0.29, 0.717) is 17.9 Å². The van der Waals surface area contributed by atoms with Crippen molar-refractivity contribution in [2.45, 2.75) is 31.5 Å². The number of hydrogen-bond donors (Lipinski definition) is 1. The van der Waals surface area contributed by atoms with Crippen LogP contribution in [0.15, 0.2) is 54.6 Å². The zero-order valence-corrected chi connectivity index (χ0v) is 17.7. The minimum Gasteiger partial charge on any atom is -0.489 e. The van der Waals surface area contributed by atoms with Gasteiger partial charge in [0.15, 0.2) is 5.78 Å². The van der Waals surface area contributed by atoms with Crippen molar-refractivity contribution in [3.63, 3.8) is 0 Å². The molecule has 1 aliphatic rings. The smallest absolute Gasteiger partial charge is 0.316 e. The minimum absolute atomic E-state index is 0.346. The monoisotopic (exact) mass is 426 g/mol. The highest BCUT2D eigenvalue weighted by atomic mass is 16.5. The van der Waals surface area contributed by atoms with E-state index in [9.17, 15) is 19.5 Å². The third-order valence-electron chi connectivity index (χ3n) is 5.69. The Labute approximate surface area is 180 Å². The fourth-order valence-electron chi connectivity index (χ4n) is 4.20.